The summed E-state index contributed by atoms with van der Waals surface area (Å²) in [6.07, 6.45) is 3.67. The van der Waals surface area contributed by atoms with Gasteiger partial charge in [0.2, 0.25) is 5.78 Å². The third kappa shape index (κ3) is 3.19. The van der Waals surface area contributed by atoms with Gasteiger partial charge in [-0.1, -0.05) is 42.5 Å². The zero-order chi connectivity index (χ0) is 19.8. The summed E-state index contributed by atoms with van der Waals surface area (Å²) >= 11 is 0. The number of ether oxygens (including phenoxy) is 2. The number of aromatic nitrogens is 1. The summed E-state index contributed by atoms with van der Waals surface area (Å²) in [5.41, 5.74) is 4.82. The number of benzene rings is 3. The standard InChI is InChI=1S/C25H19NO3/c1-16-6-2-3-7-17(16)15-28-19-10-11-21-23(13-19)29-24(25(21)27)12-18-14-26-22-9-5-4-8-20(18)22/h2-14,26H,15H2,1H3/b24-12+. The maximum atomic E-state index is 12.8. The fourth-order valence-corrected chi connectivity index (χ4v) is 3.54. The predicted octanol–water partition coefficient (Wildman–Crippen LogP) is 5.67. The van der Waals surface area contributed by atoms with E-state index in [0.29, 0.717) is 29.4 Å². The Kier molecular flexibility index (Phi) is 4.17. The second-order valence-electron chi connectivity index (χ2n) is 7.10. The molecule has 142 valence electrons. The molecular weight excluding hydrogens is 362 g/mol. The number of fused-ring (bicyclic) bond motifs is 2. The summed E-state index contributed by atoms with van der Waals surface area (Å²) in [5.74, 6) is 1.41. The number of rotatable bonds is 4. The Hall–Kier alpha value is -3.79. The van der Waals surface area contributed by atoms with Crippen LogP contribution in [0, 0.1) is 6.92 Å². The Balaban J connectivity index is 1.39. The van der Waals surface area contributed by atoms with Gasteiger partial charge in [-0.2, -0.15) is 0 Å². The number of aryl methyl sites for hydroxylation is 1. The average Bonchev–Trinajstić information content (AvgIpc) is 3.29. The second-order valence-corrected chi connectivity index (χ2v) is 7.10. The third-order valence-corrected chi connectivity index (χ3v) is 5.20. The third-order valence-electron chi connectivity index (χ3n) is 5.20. The molecule has 3 aromatic carbocycles. The molecule has 1 aliphatic rings. The SMILES string of the molecule is Cc1ccccc1COc1ccc2c(c1)O/C(=C/c1c[nH]c3ccccc13)C2=O. The van der Waals surface area contributed by atoms with Gasteiger partial charge in [0.1, 0.15) is 18.1 Å². The van der Waals surface area contributed by atoms with Crippen molar-refractivity contribution >= 4 is 22.8 Å². The van der Waals surface area contributed by atoms with E-state index in [1.165, 1.54) is 5.56 Å². The Morgan fingerprint density at radius 2 is 1.86 bits per heavy atom. The highest BCUT2D eigenvalue weighted by atomic mass is 16.5. The number of Topliss-reactive ketones (excluding diaryl/α,β-unsaturated/α-hetero) is 1. The van der Waals surface area contributed by atoms with Crippen LogP contribution in [0.1, 0.15) is 27.0 Å². The number of hydrogen-bond donors (Lipinski definition) is 1. The van der Waals surface area contributed by atoms with Crippen LogP contribution in [0.4, 0.5) is 0 Å². The summed E-state index contributed by atoms with van der Waals surface area (Å²) in [7, 11) is 0. The average molecular weight is 381 g/mol. The summed E-state index contributed by atoms with van der Waals surface area (Å²) in [5, 5.41) is 1.05. The number of hydrogen-bond acceptors (Lipinski definition) is 3. The molecule has 0 radical (unpaired) electrons. The fourth-order valence-electron chi connectivity index (χ4n) is 3.54. The molecule has 1 N–H and O–H groups in total. The number of nitrogens with one attached hydrogen (secondary N) is 1. The van der Waals surface area contributed by atoms with Crippen LogP contribution in [-0.4, -0.2) is 10.8 Å². The van der Waals surface area contributed by atoms with E-state index in [4.69, 9.17) is 9.47 Å². The molecule has 4 aromatic rings. The quantitative estimate of drug-likeness (QED) is 0.463. The molecule has 0 atom stereocenters. The van der Waals surface area contributed by atoms with Crippen LogP contribution in [0.25, 0.3) is 17.0 Å². The van der Waals surface area contributed by atoms with Crippen LogP contribution in [0.2, 0.25) is 0 Å². The first-order valence-electron chi connectivity index (χ1n) is 9.51. The molecule has 5 rings (SSSR count). The van der Waals surface area contributed by atoms with Crippen LogP contribution in [0.3, 0.4) is 0 Å². The molecule has 0 bridgehead atoms. The molecule has 4 heteroatoms. The summed E-state index contributed by atoms with van der Waals surface area (Å²) in [6.45, 7) is 2.53. The van der Waals surface area contributed by atoms with Crippen molar-refractivity contribution in [2.24, 2.45) is 0 Å². The summed E-state index contributed by atoms with van der Waals surface area (Å²) in [6, 6.07) is 21.4. The van der Waals surface area contributed by atoms with Gasteiger partial charge in [-0.3, -0.25) is 4.79 Å². The molecule has 1 aromatic heterocycles. The first-order chi connectivity index (χ1) is 14.2. The number of H-pyrrole nitrogens is 1. The molecule has 29 heavy (non-hydrogen) atoms. The van der Waals surface area contributed by atoms with Gasteiger partial charge < -0.3 is 14.5 Å². The van der Waals surface area contributed by atoms with Crippen LogP contribution in [0.15, 0.2) is 78.7 Å². The molecule has 4 nitrogen and oxygen atoms in total. The van der Waals surface area contributed by atoms with E-state index in [1.54, 1.807) is 18.2 Å². The number of allylic oxidation sites excluding steroid dienone is 1. The van der Waals surface area contributed by atoms with Crippen molar-refractivity contribution in [3.8, 4) is 11.5 Å². The molecular formula is C25H19NO3. The number of aromatic amines is 1. The van der Waals surface area contributed by atoms with Gasteiger partial charge in [-0.15, -0.1) is 0 Å². The number of para-hydroxylation sites is 1. The minimum absolute atomic E-state index is 0.115. The number of carbonyl (C=O) groups excluding carboxylic acids is 1. The maximum absolute atomic E-state index is 12.8. The van der Waals surface area contributed by atoms with Crippen molar-refractivity contribution in [1.29, 1.82) is 0 Å². The summed E-state index contributed by atoms with van der Waals surface area (Å²) in [4.78, 5) is 16.0. The molecule has 0 fully saturated rings. The van der Waals surface area contributed by atoms with E-state index < -0.39 is 0 Å². The van der Waals surface area contributed by atoms with Crippen molar-refractivity contribution in [2.75, 3.05) is 0 Å². The van der Waals surface area contributed by atoms with E-state index in [2.05, 4.69) is 18.0 Å². The Morgan fingerprint density at radius 3 is 2.76 bits per heavy atom. The van der Waals surface area contributed by atoms with Gasteiger partial charge in [-0.05, 0) is 42.3 Å². The molecule has 0 aliphatic carbocycles. The van der Waals surface area contributed by atoms with Gasteiger partial charge in [0.05, 0.1) is 5.56 Å². The monoisotopic (exact) mass is 381 g/mol. The minimum atomic E-state index is -0.115. The fraction of sp³-hybridized carbons (Fsp3) is 0.0800. The lowest BCUT2D eigenvalue weighted by Gasteiger charge is -2.09. The molecule has 1 aliphatic heterocycles. The summed E-state index contributed by atoms with van der Waals surface area (Å²) < 4.78 is 11.8. The molecule has 0 amide bonds. The lowest BCUT2D eigenvalue weighted by Crippen LogP contribution is -1.98. The molecule has 0 saturated heterocycles. The van der Waals surface area contributed by atoms with E-state index in [1.807, 2.05) is 54.7 Å². The van der Waals surface area contributed by atoms with Crippen molar-refractivity contribution in [1.82, 2.24) is 4.98 Å². The van der Waals surface area contributed by atoms with Crippen molar-refractivity contribution < 1.29 is 14.3 Å². The Morgan fingerprint density at radius 1 is 1.03 bits per heavy atom. The number of ketones is 1. The Bertz CT molecular complexity index is 1270. The van der Waals surface area contributed by atoms with E-state index in [9.17, 15) is 4.79 Å². The van der Waals surface area contributed by atoms with E-state index in [0.717, 1.165) is 22.0 Å². The maximum Gasteiger partial charge on any atom is 0.231 e. The van der Waals surface area contributed by atoms with Gasteiger partial charge in [0, 0.05) is 28.7 Å². The predicted molar refractivity (Wildman–Crippen MR) is 113 cm³/mol. The normalized spacial score (nSPS) is 14.2. The zero-order valence-electron chi connectivity index (χ0n) is 15.9. The van der Waals surface area contributed by atoms with Crippen molar-refractivity contribution in [3.63, 3.8) is 0 Å². The minimum Gasteiger partial charge on any atom is -0.489 e. The largest absolute Gasteiger partial charge is 0.489 e. The first-order valence-corrected chi connectivity index (χ1v) is 9.51. The van der Waals surface area contributed by atoms with E-state index >= 15 is 0 Å². The molecule has 0 saturated carbocycles. The Labute approximate surface area is 168 Å². The van der Waals surface area contributed by atoms with Crippen LogP contribution in [-0.2, 0) is 6.61 Å². The smallest absolute Gasteiger partial charge is 0.231 e. The van der Waals surface area contributed by atoms with Crippen LogP contribution in [0.5, 0.6) is 11.5 Å². The van der Waals surface area contributed by atoms with Gasteiger partial charge >= 0.3 is 0 Å². The first kappa shape index (κ1) is 17.3. The van der Waals surface area contributed by atoms with Gasteiger partial charge in [0.25, 0.3) is 0 Å². The van der Waals surface area contributed by atoms with Crippen molar-refractivity contribution in [2.45, 2.75) is 13.5 Å². The highest BCUT2D eigenvalue weighted by molar-refractivity contribution is 6.15. The lowest BCUT2D eigenvalue weighted by atomic mass is 10.1. The zero-order valence-corrected chi connectivity index (χ0v) is 15.9. The highest BCUT2D eigenvalue weighted by Gasteiger charge is 2.28. The van der Waals surface area contributed by atoms with Gasteiger partial charge in [0.15, 0.2) is 5.76 Å². The van der Waals surface area contributed by atoms with Crippen LogP contribution < -0.4 is 9.47 Å². The lowest BCUT2D eigenvalue weighted by molar-refractivity contribution is 0.101. The molecule has 2 heterocycles. The van der Waals surface area contributed by atoms with Gasteiger partial charge in [-0.25, -0.2) is 0 Å². The van der Waals surface area contributed by atoms with E-state index in [-0.39, 0.29) is 5.78 Å². The second kappa shape index (κ2) is 6.99. The topological polar surface area (TPSA) is 51.3 Å². The van der Waals surface area contributed by atoms with Crippen molar-refractivity contribution in [3.05, 3.63) is 101 Å². The molecule has 0 spiro atoms. The van der Waals surface area contributed by atoms with Crippen LogP contribution >= 0.6 is 0 Å². The molecule has 0 unspecified atom stereocenters. The highest BCUT2D eigenvalue weighted by Crippen LogP contribution is 2.35. The number of carbonyl (C=O) groups is 1.